The summed E-state index contributed by atoms with van der Waals surface area (Å²) in [6.07, 6.45) is -0.944. The molecular weight excluding hydrogens is 374 g/mol. The highest BCUT2D eigenvalue weighted by Crippen LogP contribution is 2.32. The predicted molar refractivity (Wildman–Crippen MR) is 96.9 cm³/mol. The molecule has 2 aromatic rings. The Bertz CT molecular complexity index is 823. The van der Waals surface area contributed by atoms with Crippen molar-refractivity contribution in [1.82, 2.24) is 5.32 Å². The molecule has 1 aliphatic rings. The average molecular weight is 392 g/mol. The highest BCUT2D eigenvalue weighted by molar-refractivity contribution is 6.30. The molecule has 1 N–H and O–H groups in total. The van der Waals surface area contributed by atoms with E-state index in [2.05, 4.69) is 5.32 Å². The Hall–Kier alpha value is -2.93. The second-order valence-corrected chi connectivity index (χ2v) is 6.22. The molecule has 142 valence electrons. The molecule has 7 nitrogen and oxygen atoms in total. The number of rotatable bonds is 7. The van der Waals surface area contributed by atoms with Crippen molar-refractivity contribution in [2.45, 2.75) is 19.6 Å². The molecule has 0 aromatic heterocycles. The number of ether oxygens (including phenoxy) is 4. The third-order valence-corrected chi connectivity index (χ3v) is 4.00. The van der Waals surface area contributed by atoms with Crippen LogP contribution >= 0.6 is 11.6 Å². The van der Waals surface area contributed by atoms with E-state index in [9.17, 15) is 9.59 Å². The van der Waals surface area contributed by atoms with Gasteiger partial charge in [0.05, 0.1) is 0 Å². The summed E-state index contributed by atoms with van der Waals surface area (Å²) in [5.41, 5.74) is 0.845. The van der Waals surface area contributed by atoms with E-state index in [1.165, 1.54) is 6.92 Å². The summed E-state index contributed by atoms with van der Waals surface area (Å²) in [7, 11) is 0. The van der Waals surface area contributed by atoms with Crippen molar-refractivity contribution in [3.8, 4) is 17.2 Å². The molecule has 8 heteroatoms. The number of fused-ring (bicyclic) bond motifs is 1. The second kappa shape index (κ2) is 8.64. The van der Waals surface area contributed by atoms with Gasteiger partial charge in [-0.05, 0) is 48.9 Å². The quantitative estimate of drug-likeness (QED) is 0.731. The third kappa shape index (κ3) is 5.27. The van der Waals surface area contributed by atoms with Crippen LogP contribution < -0.4 is 19.5 Å². The standard InChI is InChI=1S/C19H18ClNO6/c1-12(27-18(22)10-24-15-5-3-14(20)4-6-15)19(23)21-9-13-2-7-16-17(8-13)26-11-25-16/h2-8,12H,9-11H2,1H3,(H,21,23)/t12-/m1/s1. The molecule has 3 rings (SSSR count). The van der Waals surface area contributed by atoms with Crippen molar-refractivity contribution in [2.75, 3.05) is 13.4 Å². The zero-order valence-corrected chi connectivity index (χ0v) is 15.3. The number of carbonyl (C=O) groups is 2. The first-order valence-electron chi connectivity index (χ1n) is 8.25. The van der Waals surface area contributed by atoms with Crippen LogP contribution in [0.1, 0.15) is 12.5 Å². The molecule has 1 amide bonds. The minimum Gasteiger partial charge on any atom is -0.482 e. The first-order valence-corrected chi connectivity index (χ1v) is 8.63. The van der Waals surface area contributed by atoms with Crippen molar-refractivity contribution in [1.29, 1.82) is 0 Å². The van der Waals surface area contributed by atoms with Crippen molar-refractivity contribution in [3.05, 3.63) is 53.1 Å². The van der Waals surface area contributed by atoms with E-state index in [-0.39, 0.29) is 19.9 Å². The number of hydrogen-bond donors (Lipinski definition) is 1. The zero-order chi connectivity index (χ0) is 19.2. The van der Waals surface area contributed by atoms with E-state index in [1.807, 2.05) is 6.07 Å². The van der Waals surface area contributed by atoms with Crippen LogP contribution in [0.5, 0.6) is 17.2 Å². The monoisotopic (exact) mass is 391 g/mol. The fraction of sp³-hybridized carbons (Fsp3) is 0.263. The number of nitrogens with one attached hydrogen (secondary N) is 1. The summed E-state index contributed by atoms with van der Waals surface area (Å²) in [5.74, 6) is 0.744. The number of benzene rings is 2. The third-order valence-electron chi connectivity index (χ3n) is 3.75. The number of amides is 1. The maximum atomic E-state index is 12.1. The van der Waals surface area contributed by atoms with Gasteiger partial charge in [-0.1, -0.05) is 17.7 Å². The molecule has 1 atom stereocenters. The summed E-state index contributed by atoms with van der Waals surface area (Å²) >= 11 is 5.77. The number of hydrogen-bond acceptors (Lipinski definition) is 6. The summed E-state index contributed by atoms with van der Waals surface area (Å²) in [4.78, 5) is 23.9. The molecule has 0 fully saturated rings. The lowest BCUT2D eigenvalue weighted by atomic mass is 10.2. The molecule has 0 aliphatic carbocycles. The molecule has 0 unspecified atom stereocenters. The minimum absolute atomic E-state index is 0.191. The molecule has 0 saturated heterocycles. The van der Waals surface area contributed by atoms with E-state index < -0.39 is 18.0 Å². The molecule has 1 aliphatic heterocycles. The van der Waals surface area contributed by atoms with Gasteiger partial charge in [-0.15, -0.1) is 0 Å². The van der Waals surface area contributed by atoms with Crippen LogP contribution in [0.2, 0.25) is 5.02 Å². The smallest absolute Gasteiger partial charge is 0.344 e. The van der Waals surface area contributed by atoms with Crippen LogP contribution in [-0.4, -0.2) is 31.4 Å². The highest BCUT2D eigenvalue weighted by atomic mass is 35.5. The Balaban J connectivity index is 1.41. The van der Waals surface area contributed by atoms with E-state index >= 15 is 0 Å². The fourth-order valence-corrected chi connectivity index (χ4v) is 2.47. The Morgan fingerprint density at radius 3 is 2.67 bits per heavy atom. The molecule has 0 bridgehead atoms. The van der Waals surface area contributed by atoms with E-state index in [0.29, 0.717) is 22.3 Å². The number of carbonyl (C=O) groups excluding carboxylic acids is 2. The van der Waals surface area contributed by atoms with Crippen LogP contribution in [0, 0.1) is 0 Å². The minimum atomic E-state index is -0.944. The van der Waals surface area contributed by atoms with Gasteiger partial charge in [-0.3, -0.25) is 4.79 Å². The first-order chi connectivity index (χ1) is 13.0. The van der Waals surface area contributed by atoms with Crippen LogP contribution in [0.15, 0.2) is 42.5 Å². The lowest BCUT2D eigenvalue weighted by Gasteiger charge is -2.14. The SMILES string of the molecule is C[C@@H](OC(=O)COc1ccc(Cl)cc1)C(=O)NCc1ccc2c(c1)OCO2. The normalized spacial score (nSPS) is 13.0. The van der Waals surface area contributed by atoms with E-state index in [4.69, 9.17) is 30.5 Å². The van der Waals surface area contributed by atoms with E-state index in [0.717, 1.165) is 5.56 Å². The van der Waals surface area contributed by atoms with Gasteiger partial charge in [-0.25, -0.2) is 4.79 Å². The van der Waals surface area contributed by atoms with Gasteiger partial charge >= 0.3 is 5.97 Å². The molecule has 0 spiro atoms. The van der Waals surface area contributed by atoms with Gasteiger partial charge in [0, 0.05) is 11.6 Å². The van der Waals surface area contributed by atoms with Crippen LogP contribution in [0.25, 0.3) is 0 Å². The number of halogens is 1. The Kier molecular flexibility index (Phi) is 6.03. The molecular formula is C19H18ClNO6. The van der Waals surface area contributed by atoms with Crippen molar-refractivity contribution >= 4 is 23.5 Å². The molecule has 0 saturated carbocycles. The lowest BCUT2D eigenvalue weighted by molar-refractivity contribution is -0.156. The van der Waals surface area contributed by atoms with Crippen LogP contribution in [0.4, 0.5) is 0 Å². The van der Waals surface area contributed by atoms with Gasteiger partial charge in [0.25, 0.3) is 5.91 Å². The summed E-state index contributed by atoms with van der Waals surface area (Å²) in [6.45, 7) is 1.66. The fourth-order valence-electron chi connectivity index (χ4n) is 2.34. The summed E-state index contributed by atoms with van der Waals surface area (Å²) < 4.78 is 20.9. The molecule has 2 aromatic carbocycles. The van der Waals surface area contributed by atoms with Crippen molar-refractivity contribution in [3.63, 3.8) is 0 Å². The van der Waals surface area contributed by atoms with Gasteiger partial charge in [0.1, 0.15) is 5.75 Å². The van der Waals surface area contributed by atoms with Gasteiger partial charge < -0.3 is 24.3 Å². The Morgan fingerprint density at radius 2 is 1.89 bits per heavy atom. The maximum Gasteiger partial charge on any atom is 0.344 e. The largest absolute Gasteiger partial charge is 0.482 e. The summed E-state index contributed by atoms with van der Waals surface area (Å²) in [6, 6.07) is 12.0. The van der Waals surface area contributed by atoms with E-state index in [1.54, 1.807) is 36.4 Å². The van der Waals surface area contributed by atoms with Crippen molar-refractivity contribution < 1.29 is 28.5 Å². The second-order valence-electron chi connectivity index (χ2n) is 5.78. The zero-order valence-electron chi connectivity index (χ0n) is 14.6. The molecule has 0 radical (unpaired) electrons. The maximum absolute atomic E-state index is 12.1. The lowest BCUT2D eigenvalue weighted by Crippen LogP contribution is -2.36. The predicted octanol–water partition coefficient (Wildman–Crippen LogP) is 2.70. The number of esters is 1. The van der Waals surface area contributed by atoms with Gasteiger partial charge in [0.2, 0.25) is 6.79 Å². The van der Waals surface area contributed by atoms with Crippen LogP contribution in [-0.2, 0) is 20.9 Å². The summed E-state index contributed by atoms with van der Waals surface area (Å²) in [5, 5.41) is 3.27. The highest BCUT2D eigenvalue weighted by Gasteiger charge is 2.19. The van der Waals surface area contributed by atoms with Gasteiger partial charge in [0.15, 0.2) is 24.2 Å². The van der Waals surface area contributed by atoms with Crippen molar-refractivity contribution in [2.24, 2.45) is 0 Å². The average Bonchev–Trinajstić information content (AvgIpc) is 3.13. The first kappa shape index (κ1) is 18.8. The van der Waals surface area contributed by atoms with Gasteiger partial charge in [-0.2, -0.15) is 0 Å². The molecule has 27 heavy (non-hydrogen) atoms. The molecule has 1 heterocycles. The Morgan fingerprint density at radius 1 is 1.15 bits per heavy atom. The Labute approximate surface area is 161 Å². The topological polar surface area (TPSA) is 83.1 Å². The van der Waals surface area contributed by atoms with Crippen LogP contribution in [0.3, 0.4) is 0 Å².